The second kappa shape index (κ2) is 17.0. The molecule has 3 aromatic rings. The van der Waals surface area contributed by atoms with Crippen molar-refractivity contribution >= 4 is 6.16 Å². The van der Waals surface area contributed by atoms with E-state index in [1.54, 1.807) is 20.8 Å². The molecule has 1 aliphatic heterocycles. The Labute approximate surface area is 273 Å². The van der Waals surface area contributed by atoms with E-state index >= 15 is 0 Å². The predicted octanol–water partition coefficient (Wildman–Crippen LogP) is 7.77. The molecular formula is C38H48O8. The van der Waals surface area contributed by atoms with Gasteiger partial charge in [-0.2, -0.15) is 0 Å². The number of benzene rings is 3. The second-order valence-corrected chi connectivity index (χ2v) is 13.0. The highest BCUT2D eigenvalue weighted by Gasteiger charge is 2.51. The van der Waals surface area contributed by atoms with Gasteiger partial charge < -0.3 is 33.2 Å². The largest absolute Gasteiger partial charge is 0.509 e. The minimum Gasteiger partial charge on any atom is -0.429 e. The molecule has 0 amide bonds. The molecule has 0 bridgehead atoms. The molecule has 2 fully saturated rings. The molecule has 1 aliphatic carbocycles. The van der Waals surface area contributed by atoms with Crippen molar-refractivity contribution in [3.63, 3.8) is 0 Å². The average molecular weight is 633 g/mol. The van der Waals surface area contributed by atoms with E-state index in [-0.39, 0.29) is 25.9 Å². The highest BCUT2D eigenvalue weighted by atomic mass is 16.8. The summed E-state index contributed by atoms with van der Waals surface area (Å²) in [6.07, 6.45) is 0.580. The zero-order chi connectivity index (χ0) is 32.2. The van der Waals surface area contributed by atoms with E-state index in [0.717, 1.165) is 42.4 Å². The predicted molar refractivity (Wildman–Crippen MR) is 174 cm³/mol. The molecule has 1 saturated heterocycles. The van der Waals surface area contributed by atoms with Crippen molar-refractivity contribution in [2.24, 2.45) is 0 Å². The molecule has 1 heterocycles. The van der Waals surface area contributed by atoms with Gasteiger partial charge in [0.25, 0.3) is 0 Å². The molecule has 0 N–H and O–H groups in total. The lowest BCUT2D eigenvalue weighted by Crippen LogP contribution is -2.62. The van der Waals surface area contributed by atoms with Crippen LogP contribution >= 0.6 is 0 Å². The Morgan fingerprint density at radius 3 is 1.76 bits per heavy atom. The maximum Gasteiger partial charge on any atom is 0.509 e. The van der Waals surface area contributed by atoms with Gasteiger partial charge in [-0.1, -0.05) is 110 Å². The number of carbonyl (C=O) groups is 1. The third kappa shape index (κ3) is 10.6. The number of carbonyl (C=O) groups excluding carboxylic acids is 1. The molecule has 5 atom stereocenters. The minimum absolute atomic E-state index is 0.0106. The van der Waals surface area contributed by atoms with E-state index < -0.39 is 42.5 Å². The molecule has 46 heavy (non-hydrogen) atoms. The third-order valence-corrected chi connectivity index (χ3v) is 8.06. The minimum atomic E-state index is -0.907. The summed E-state index contributed by atoms with van der Waals surface area (Å²) in [5.74, 6) is 0. The van der Waals surface area contributed by atoms with E-state index in [4.69, 9.17) is 33.2 Å². The summed E-state index contributed by atoms with van der Waals surface area (Å²) in [5, 5.41) is 0. The third-order valence-electron chi connectivity index (χ3n) is 8.06. The first-order valence-corrected chi connectivity index (χ1v) is 16.5. The van der Waals surface area contributed by atoms with Gasteiger partial charge in [-0.05, 0) is 50.3 Å². The molecule has 1 saturated carbocycles. The first-order valence-electron chi connectivity index (χ1n) is 16.5. The Hall–Kier alpha value is -3.27. The summed E-state index contributed by atoms with van der Waals surface area (Å²) in [4.78, 5) is 13.3. The normalized spacial score (nSPS) is 23.9. The fourth-order valence-corrected chi connectivity index (χ4v) is 5.81. The summed E-state index contributed by atoms with van der Waals surface area (Å²) in [6, 6.07) is 29.7. The van der Waals surface area contributed by atoms with E-state index in [2.05, 4.69) is 0 Å². The van der Waals surface area contributed by atoms with Crippen molar-refractivity contribution in [1.82, 2.24) is 0 Å². The number of ether oxygens (including phenoxy) is 7. The summed E-state index contributed by atoms with van der Waals surface area (Å²) in [6.45, 7) is 6.55. The first kappa shape index (κ1) is 34.1. The van der Waals surface area contributed by atoms with Crippen LogP contribution in [0.3, 0.4) is 0 Å². The molecule has 3 aromatic carbocycles. The van der Waals surface area contributed by atoms with Crippen LogP contribution in [0.25, 0.3) is 0 Å². The summed E-state index contributed by atoms with van der Waals surface area (Å²) in [7, 11) is 0. The Morgan fingerprint density at radius 2 is 1.22 bits per heavy atom. The fraction of sp³-hybridized carbons (Fsp3) is 0.500. The quantitative estimate of drug-likeness (QED) is 0.177. The van der Waals surface area contributed by atoms with E-state index in [0.29, 0.717) is 6.61 Å². The number of rotatable bonds is 13. The van der Waals surface area contributed by atoms with Crippen molar-refractivity contribution in [2.45, 2.75) is 115 Å². The van der Waals surface area contributed by atoms with Crippen LogP contribution in [0.2, 0.25) is 0 Å². The van der Waals surface area contributed by atoms with Crippen LogP contribution in [-0.2, 0) is 53.0 Å². The summed E-state index contributed by atoms with van der Waals surface area (Å²) in [5.41, 5.74) is 2.25. The monoisotopic (exact) mass is 632 g/mol. The van der Waals surface area contributed by atoms with Gasteiger partial charge in [-0.25, -0.2) is 4.79 Å². The highest BCUT2D eigenvalue weighted by Crippen LogP contribution is 2.34. The molecule has 0 radical (unpaired) electrons. The van der Waals surface area contributed by atoms with E-state index in [9.17, 15) is 4.79 Å². The molecule has 0 spiro atoms. The Bertz CT molecular complexity index is 1290. The summed E-state index contributed by atoms with van der Waals surface area (Å²) >= 11 is 0. The zero-order valence-corrected chi connectivity index (χ0v) is 27.3. The Kier molecular flexibility index (Phi) is 12.6. The van der Waals surface area contributed by atoms with Gasteiger partial charge in [-0.3, -0.25) is 0 Å². The summed E-state index contributed by atoms with van der Waals surface area (Å²) < 4.78 is 44.5. The Morgan fingerprint density at radius 1 is 0.696 bits per heavy atom. The topological polar surface area (TPSA) is 81.7 Å². The van der Waals surface area contributed by atoms with Gasteiger partial charge in [0, 0.05) is 0 Å². The van der Waals surface area contributed by atoms with Crippen molar-refractivity contribution in [3.8, 4) is 0 Å². The van der Waals surface area contributed by atoms with Crippen LogP contribution in [0.5, 0.6) is 0 Å². The zero-order valence-electron chi connectivity index (χ0n) is 27.3. The smallest absolute Gasteiger partial charge is 0.429 e. The van der Waals surface area contributed by atoms with E-state index in [1.807, 2.05) is 91.0 Å². The van der Waals surface area contributed by atoms with Crippen molar-refractivity contribution < 1.29 is 38.0 Å². The van der Waals surface area contributed by atoms with Gasteiger partial charge in [0.05, 0.1) is 32.5 Å². The highest BCUT2D eigenvalue weighted by molar-refractivity contribution is 5.61. The Balaban J connectivity index is 1.45. The van der Waals surface area contributed by atoms with Crippen molar-refractivity contribution in [1.29, 1.82) is 0 Å². The standard InChI is InChI=1S/C38H48O8/c1-38(2,3)46-37(39)45-34-33(41-25-29-18-10-5-11-19-29)32(27-40-24-28-16-8-4-9-17-28)44-36(43-31-22-14-7-15-23-31)35(34)42-26-30-20-12-6-13-21-30/h4-6,8-13,16-21,31-36H,7,14-15,22-27H2,1-3H3/t32-,33-,34-,35-,36+/m1/s1. The molecule has 0 unspecified atom stereocenters. The maximum atomic E-state index is 13.3. The molecule has 5 rings (SSSR count). The van der Waals surface area contributed by atoms with Crippen LogP contribution in [0.4, 0.5) is 4.79 Å². The second-order valence-electron chi connectivity index (χ2n) is 13.0. The number of hydrogen-bond acceptors (Lipinski definition) is 8. The first-order chi connectivity index (χ1) is 22.3. The van der Waals surface area contributed by atoms with Gasteiger partial charge >= 0.3 is 6.16 Å². The van der Waals surface area contributed by atoms with Crippen molar-refractivity contribution in [3.05, 3.63) is 108 Å². The molecule has 248 valence electrons. The molecule has 0 aromatic heterocycles. The maximum absolute atomic E-state index is 13.3. The van der Waals surface area contributed by atoms with Crippen LogP contribution in [0.1, 0.15) is 69.6 Å². The van der Waals surface area contributed by atoms with Crippen molar-refractivity contribution in [2.75, 3.05) is 6.61 Å². The van der Waals surface area contributed by atoms with Crippen LogP contribution in [0, 0.1) is 0 Å². The molecule has 8 nitrogen and oxygen atoms in total. The molecule has 2 aliphatic rings. The molecule has 8 heteroatoms. The van der Waals surface area contributed by atoms with Gasteiger partial charge in [0.2, 0.25) is 0 Å². The number of hydrogen-bond donors (Lipinski definition) is 0. The van der Waals surface area contributed by atoms with Gasteiger partial charge in [-0.15, -0.1) is 0 Å². The van der Waals surface area contributed by atoms with Crippen LogP contribution < -0.4 is 0 Å². The van der Waals surface area contributed by atoms with Crippen LogP contribution in [0.15, 0.2) is 91.0 Å². The lowest BCUT2D eigenvalue weighted by Gasteiger charge is -2.46. The van der Waals surface area contributed by atoms with E-state index in [1.165, 1.54) is 6.42 Å². The van der Waals surface area contributed by atoms with Gasteiger partial charge in [0.1, 0.15) is 23.9 Å². The SMILES string of the molecule is CC(C)(C)OC(=O)O[C@H]1[C@@H](OCc2ccccc2)[C@@H](OC2CCCCC2)O[C@H](COCc2ccccc2)[C@H]1OCc1ccccc1. The van der Waals surface area contributed by atoms with Crippen LogP contribution in [-0.4, -0.2) is 55.2 Å². The van der Waals surface area contributed by atoms with Gasteiger partial charge in [0.15, 0.2) is 12.4 Å². The molecular weight excluding hydrogens is 584 g/mol. The average Bonchev–Trinajstić information content (AvgIpc) is 3.05. The lowest BCUT2D eigenvalue weighted by atomic mass is 9.96. The lowest BCUT2D eigenvalue weighted by molar-refractivity contribution is -0.331. The fourth-order valence-electron chi connectivity index (χ4n) is 5.81.